The van der Waals surface area contributed by atoms with Crippen LogP contribution in [0.3, 0.4) is 0 Å². The van der Waals surface area contributed by atoms with Gasteiger partial charge < -0.3 is 24.0 Å². The number of fused-ring (bicyclic) bond motifs is 1. The van der Waals surface area contributed by atoms with Crippen molar-refractivity contribution in [3.05, 3.63) is 17.7 Å². The average Bonchev–Trinajstić information content (AvgIpc) is 3.21. The Kier molecular flexibility index (Phi) is 8.12. The molecule has 3 aliphatic rings. The Balaban J connectivity index is 0.000000360. The number of amides is 1. The lowest BCUT2D eigenvalue weighted by Gasteiger charge is -2.37. The van der Waals surface area contributed by atoms with Crippen LogP contribution in [0.15, 0.2) is 6.20 Å². The number of aliphatic carboxylic acids is 1. The van der Waals surface area contributed by atoms with E-state index in [9.17, 15) is 18.0 Å². The van der Waals surface area contributed by atoms with E-state index in [1.165, 1.54) is 0 Å². The quantitative estimate of drug-likeness (QED) is 0.732. The number of aromatic nitrogens is 2. The standard InChI is InChI=1S/C18H28N4O3.C2HF3O2/c1-14-17-19-16(18(23)20-6-10-25-11-7-20)13-22(17)5-4-21(14)12-15-2-8-24-9-3-15;3-2(4,5)1(6)7/h13-15H,2-12H2,1H3;(H,6,7). The Morgan fingerprint density at radius 1 is 1.09 bits per heavy atom. The number of nitrogens with zero attached hydrogens (tertiary/aromatic N) is 4. The predicted octanol–water partition coefficient (Wildman–Crippen LogP) is 1.79. The molecule has 1 unspecified atom stereocenters. The molecule has 2 saturated heterocycles. The Morgan fingerprint density at radius 3 is 2.28 bits per heavy atom. The molecule has 9 nitrogen and oxygen atoms in total. The SMILES string of the molecule is CC1c2nc(C(=O)N3CCOCC3)cn2CCN1CC1CCOCC1.O=C(O)C(F)(F)F. The Bertz CT molecular complexity index is 789. The molecule has 1 amide bonds. The normalized spacial score (nSPS) is 22.6. The number of alkyl halides is 3. The second-order valence-electron chi connectivity index (χ2n) is 8.11. The molecule has 0 aromatic carbocycles. The molecule has 1 N–H and O–H groups in total. The Labute approximate surface area is 184 Å². The van der Waals surface area contributed by atoms with Crippen molar-refractivity contribution in [2.24, 2.45) is 5.92 Å². The van der Waals surface area contributed by atoms with E-state index >= 15 is 0 Å². The van der Waals surface area contributed by atoms with Crippen molar-refractivity contribution < 1.29 is 37.3 Å². The summed E-state index contributed by atoms with van der Waals surface area (Å²) in [5.41, 5.74) is 0.580. The predicted molar refractivity (Wildman–Crippen MR) is 106 cm³/mol. The zero-order valence-electron chi connectivity index (χ0n) is 18.0. The fraction of sp³-hybridized carbons (Fsp3) is 0.750. The number of morpholine rings is 1. The van der Waals surface area contributed by atoms with Crippen molar-refractivity contribution in [1.29, 1.82) is 0 Å². The molecule has 4 heterocycles. The lowest BCUT2D eigenvalue weighted by molar-refractivity contribution is -0.192. The minimum atomic E-state index is -5.08. The molecule has 0 aliphatic carbocycles. The third kappa shape index (κ3) is 6.20. The summed E-state index contributed by atoms with van der Waals surface area (Å²) >= 11 is 0. The number of rotatable bonds is 3. The third-order valence-corrected chi connectivity index (χ3v) is 5.95. The molecule has 12 heteroatoms. The van der Waals surface area contributed by atoms with E-state index in [0.717, 1.165) is 51.5 Å². The lowest BCUT2D eigenvalue weighted by Crippen LogP contribution is -2.41. The van der Waals surface area contributed by atoms with Gasteiger partial charge in [0.25, 0.3) is 5.91 Å². The van der Waals surface area contributed by atoms with Crippen molar-refractivity contribution >= 4 is 11.9 Å². The summed E-state index contributed by atoms with van der Waals surface area (Å²) in [6.45, 7) is 9.57. The maximum Gasteiger partial charge on any atom is 0.490 e. The van der Waals surface area contributed by atoms with Gasteiger partial charge in [0, 0.05) is 52.1 Å². The molecule has 180 valence electrons. The maximum absolute atomic E-state index is 12.7. The molecule has 3 aliphatic heterocycles. The first-order chi connectivity index (χ1) is 15.2. The van der Waals surface area contributed by atoms with E-state index in [-0.39, 0.29) is 11.9 Å². The molecule has 1 aromatic rings. The van der Waals surface area contributed by atoms with Gasteiger partial charge in [-0.1, -0.05) is 0 Å². The van der Waals surface area contributed by atoms with Crippen LogP contribution in [0.4, 0.5) is 13.2 Å². The summed E-state index contributed by atoms with van der Waals surface area (Å²) in [5.74, 6) is -0.983. The molecule has 32 heavy (non-hydrogen) atoms. The molecule has 2 fully saturated rings. The van der Waals surface area contributed by atoms with Crippen molar-refractivity contribution in [2.45, 2.75) is 38.5 Å². The summed E-state index contributed by atoms with van der Waals surface area (Å²) < 4.78 is 44.7. The number of carbonyl (C=O) groups is 2. The van der Waals surface area contributed by atoms with Crippen LogP contribution in [0.5, 0.6) is 0 Å². The van der Waals surface area contributed by atoms with Crippen molar-refractivity contribution in [3.63, 3.8) is 0 Å². The minimum Gasteiger partial charge on any atom is -0.475 e. The minimum absolute atomic E-state index is 0.0355. The van der Waals surface area contributed by atoms with E-state index in [2.05, 4.69) is 16.4 Å². The first kappa shape index (κ1) is 24.5. The smallest absolute Gasteiger partial charge is 0.475 e. The molecule has 0 radical (unpaired) electrons. The molecular formula is C20H29F3N4O5. The van der Waals surface area contributed by atoms with Crippen LogP contribution in [-0.4, -0.2) is 95.1 Å². The number of carboxylic acid groups (broad SMARTS) is 1. The average molecular weight is 462 g/mol. The number of ether oxygens (including phenoxy) is 2. The zero-order valence-corrected chi connectivity index (χ0v) is 18.0. The van der Waals surface area contributed by atoms with Crippen LogP contribution < -0.4 is 0 Å². The number of halogens is 3. The fourth-order valence-electron chi connectivity index (χ4n) is 4.08. The van der Waals surface area contributed by atoms with E-state index < -0.39 is 12.1 Å². The van der Waals surface area contributed by atoms with Gasteiger partial charge in [-0.2, -0.15) is 13.2 Å². The highest BCUT2D eigenvalue weighted by Gasteiger charge is 2.38. The van der Waals surface area contributed by atoms with Crippen LogP contribution in [0.1, 0.15) is 42.1 Å². The van der Waals surface area contributed by atoms with Gasteiger partial charge in [0.05, 0.1) is 19.3 Å². The van der Waals surface area contributed by atoms with Crippen molar-refractivity contribution in [3.8, 4) is 0 Å². The molecule has 0 spiro atoms. The molecule has 0 bridgehead atoms. The monoisotopic (exact) mass is 462 g/mol. The fourth-order valence-corrected chi connectivity index (χ4v) is 4.08. The topological polar surface area (TPSA) is 97.1 Å². The lowest BCUT2D eigenvalue weighted by atomic mass is 9.98. The van der Waals surface area contributed by atoms with Gasteiger partial charge in [0.1, 0.15) is 11.5 Å². The number of imidazole rings is 1. The van der Waals surface area contributed by atoms with E-state index in [1.54, 1.807) is 0 Å². The van der Waals surface area contributed by atoms with Gasteiger partial charge in [0.2, 0.25) is 0 Å². The van der Waals surface area contributed by atoms with E-state index in [1.807, 2.05) is 11.1 Å². The van der Waals surface area contributed by atoms with Crippen LogP contribution >= 0.6 is 0 Å². The molecule has 1 aromatic heterocycles. The highest BCUT2D eigenvalue weighted by molar-refractivity contribution is 5.92. The van der Waals surface area contributed by atoms with E-state index in [4.69, 9.17) is 24.4 Å². The highest BCUT2D eigenvalue weighted by atomic mass is 19.4. The first-order valence-electron chi connectivity index (χ1n) is 10.7. The summed E-state index contributed by atoms with van der Waals surface area (Å²) in [7, 11) is 0. The number of carboxylic acids is 1. The third-order valence-electron chi connectivity index (χ3n) is 5.95. The largest absolute Gasteiger partial charge is 0.490 e. The molecule has 0 saturated carbocycles. The number of hydrogen-bond donors (Lipinski definition) is 1. The zero-order chi connectivity index (χ0) is 23.3. The number of carbonyl (C=O) groups excluding carboxylic acids is 1. The van der Waals surface area contributed by atoms with Crippen molar-refractivity contribution in [2.75, 3.05) is 52.6 Å². The maximum atomic E-state index is 12.7. The van der Waals surface area contributed by atoms with Crippen LogP contribution in [0, 0.1) is 5.92 Å². The van der Waals surface area contributed by atoms with Gasteiger partial charge in [-0.3, -0.25) is 9.69 Å². The van der Waals surface area contributed by atoms with Gasteiger partial charge in [-0.05, 0) is 25.7 Å². The van der Waals surface area contributed by atoms with E-state index in [0.29, 0.717) is 37.9 Å². The van der Waals surface area contributed by atoms with Crippen LogP contribution in [-0.2, 0) is 20.8 Å². The van der Waals surface area contributed by atoms with Gasteiger partial charge in [0.15, 0.2) is 0 Å². The summed E-state index contributed by atoms with van der Waals surface area (Å²) in [6, 6.07) is 0.253. The second kappa shape index (κ2) is 10.6. The van der Waals surface area contributed by atoms with Crippen LogP contribution in [0.2, 0.25) is 0 Å². The summed E-state index contributed by atoms with van der Waals surface area (Å²) in [6.07, 6.45) is -0.841. The number of hydrogen-bond acceptors (Lipinski definition) is 6. The van der Waals surface area contributed by atoms with Crippen LogP contribution in [0.25, 0.3) is 0 Å². The summed E-state index contributed by atoms with van der Waals surface area (Å²) in [5, 5.41) is 7.12. The molecule has 1 atom stereocenters. The van der Waals surface area contributed by atoms with Gasteiger partial charge in [-0.25, -0.2) is 9.78 Å². The van der Waals surface area contributed by atoms with Crippen molar-refractivity contribution in [1.82, 2.24) is 19.4 Å². The second-order valence-corrected chi connectivity index (χ2v) is 8.11. The highest BCUT2D eigenvalue weighted by Crippen LogP contribution is 2.28. The Morgan fingerprint density at radius 2 is 1.69 bits per heavy atom. The molecular weight excluding hydrogens is 433 g/mol. The summed E-state index contributed by atoms with van der Waals surface area (Å²) in [4.78, 5) is 30.7. The van der Waals surface area contributed by atoms with Gasteiger partial charge >= 0.3 is 12.1 Å². The molecule has 4 rings (SSSR count). The Hall–Kier alpha value is -2.18. The van der Waals surface area contributed by atoms with Gasteiger partial charge in [-0.15, -0.1) is 0 Å². The first-order valence-corrected chi connectivity index (χ1v) is 10.7.